The number of carbonyl (C=O) groups excluding carboxylic acids is 1. The van der Waals surface area contributed by atoms with E-state index in [4.69, 9.17) is 4.74 Å². The van der Waals surface area contributed by atoms with E-state index >= 15 is 0 Å². The van der Waals surface area contributed by atoms with Crippen LogP contribution in [0.4, 0.5) is 0 Å². The maximum Gasteiger partial charge on any atom is 0.323 e. The average molecular weight is 240 g/mol. The first kappa shape index (κ1) is 11.5. The van der Waals surface area contributed by atoms with Crippen molar-refractivity contribution in [1.82, 2.24) is 9.88 Å². The Hall–Kier alpha value is -0.940. The van der Waals surface area contributed by atoms with Crippen LogP contribution in [0.15, 0.2) is 6.20 Å². The lowest BCUT2D eigenvalue weighted by molar-refractivity contribution is -0.146. The number of likely N-dealkylation sites (tertiary alicyclic amines) is 1. The Morgan fingerprint density at radius 2 is 2.56 bits per heavy atom. The molecule has 0 aromatic carbocycles. The summed E-state index contributed by atoms with van der Waals surface area (Å²) < 4.78 is 4.81. The van der Waals surface area contributed by atoms with Crippen molar-refractivity contribution in [2.45, 2.75) is 32.4 Å². The smallest absolute Gasteiger partial charge is 0.323 e. The van der Waals surface area contributed by atoms with Gasteiger partial charge in [-0.2, -0.15) is 0 Å². The fourth-order valence-electron chi connectivity index (χ4n) is 2.10. The van der Waals surface area contributed by atoms with E-state index in [-0.39, 0.29) is 12.0 Å². The fraction of sp³-hybridized carbons (Fsp3) is 0.636. The third kappa shape index (κ3) is 2.41. The van der Waals surface area contributed by atoms with E-state index in [9.17, 15) is 4.79 Å². The van der Waals surface area contributed by atoms with Crippen molar-refractivity contribution in [1.29, 1.82) is 0 Å². The van der Waals surface area contributed by atoms with Gasteiger partial charge in [-0.05, 0) is 26.3 Å². The number of methoxy groups -OCH3 is 1. The van der Waals surface area contributed by atoms with Crippen LogP contribution in [0.25, 0.3) is 0 Å². The molecule has 0 aliphatic carbocycles. The number of carbonyl (C=O) groups is 1. The highest BCUT2D eigenvalue weighted by Gasteiger charge is 2.31. The van der Waals surface area contributed by atoms with Crippen LogP contribution < -0.4 is 0 Å². The topological polar surface area (TPSA) is 42.4 Å². The number of ether oxygens (including phenoxy) is 1. The van der Waals surface area contributed by atoms with Crippen molar-refractivity contribution in [3.8, 4) is 0 Å². The molecule has 0 unspecified atom stereocenters. The number of hydrogen-bond donors (Lipinski definition) is 0. The lowest BCUT2D eigenvalue weighted by atomic mass is 10.2. The highest BCUT2D eigenvalue weighted by Crippen LogP contribution is 2.23. The van der Waals surface area contributed by atoms with E-state index in [0.29, 0.717) is 0 Å². The van der Waals surface area contributed by atoms with E-state index in [2.05, 4.69) is 9.88 Å². The first-order valence-electron chi connectivity index (χ1n) is 5.44. The highest BCUT2D eigenvalue weighted by molar-refractivity contribution is 7.11. The van der Waals surface area contributed by atoms with E-state index in [1.54, 1.807) is 11.3 Å². The average Bonchev–Trinajstić information content (AvgIpc) is 2.87. The minimum Gasteiger partial charge on any atom is -0.468 e. The molecular weight excluding hydrogens is 224 g/mol. The Morgan fingerprint density at radius 3 is 3.19 bits per heavy atom. The standard InChI is InChI=1S/C11H16N2O2S/c1-8-12-6-9(16-8)7-13-5-3-4-10(13)11(14)15-2/h6,10H,3-5,7H2,1-2H3/t10-/m1/s1. The van der Waals surface area contributed by atoms with Crippen molar-refractivity contribution in [3.05, 3.63) is 16.1 Å². The van der Waals surface area contributed by atoms with Gasteiger partial charge in [-0.3, -0.25) is 9.69 Å². The van der Waals surface area contributed by atoms with Gasteiger partial charge in [0, 0.05) is 17.6 Å². The summed E-state index contributed by atoms with van der Waals surface area (Å²) in [7, 11) is 1.45. The second kappa shape index (κ2) is 4.93. The lowest BCUT2D eigenvalue weighted by Gasteiger charge is -2.21. The van der Waals surface area contributed by atoms with Gasteiger partial charge in [0.2, 0.25) is 0 Å². The number of aromatic nitrogens is 1. The molecule has 1 atom stereocenters. The van der Waals surface area contributed by atoms with Gasteiger partial charge in [-0.15, -0.1) is 11.3 Å². The summed E-state index contributed by atoms with van der Waals surface area (Å²) in [6.45, 7) is 3.78. The Morgan fingerprint density at radius 1 is 1.75 bits per heavy atom. The molecule has 4 nitrogen and oxygen atoms in total. The lowest BCUT2D eigenvalue weighted by Crippen LogP contribution is -2.36. The Kier molecular flexibility index (Phi) is 3.56. The molecule has 2 rings (SSSR count). The minimum absolute atomic E-state index is 0.0626. The molecule has 1 fully saturated rings. The van der Waals surface area contributed by atoms with Crippen LogP contribution in [-0.4, -0.2) is 35.5 Å². The van der Waals surface area contributed by atoms with Gasteiger partial charge in [0.1, 0.15) is 6.04 Å². The molecule has 0 N–H and O–H groups in total. The van der Waals surface area contributed by atoms with Gasteiger partial charge in [0.15, 0.2) is 0 Å². The largest absolute Gasteiger partial charge is 0.468 e. The van der Waals surface area contributed by atoms with Gasteiger partial charge < -0.3 is 4.74 Å². The zero-order valence-corrected chi connectivity index (χ0v) is 10.4. The SMILES string of the molecule is COC(=O)[C@H]1CCCN1Cc1cnc(C)s1. The number of nitrogens with zero attached hydrogens (tertiary/aromatic N) is 2. The number of esters is 1. The minimum atomic E-state index is -0.112. The maximum atomic E-state index is 11.5. The Balaban J connectivity index is 2.01. The summed E-state index contributed by atoms with van der Waals surface area (Å²) >= 11 is 1.69. The van der Waals surface area contributed by atoms with Gasteiger partial charge >= 0.3 is 5.97 Å². The maximum absolute atomic E-state index is 11.5. The molecule has 2 heterocycles. The summed E-state index contributed by atoms with van der Waals surface area (Å²) in [5.41, 5.74) is 0. The molecule has 1 aromatic heterocycles. The third-order valence-corrected chi connectivity index (χ3v) is 3.76. The summed E-state index contributed by atoms with van der Waals surface area (Å²) in [5.74, 6) is -0.112. The molecule has 88 valence electrons. The van der Waals surface area contributed by atoms with Crippen LogP contribution in [0.1, 0.15) is 22.7 Å². The molecule has 1 aliphatic heterocycles. The molecular formula is C11H16N2O2S. The monoisotopic (exact) mass is 240 g/mol. The second-order valence-corrected chi connectivity index (χ2v) is 5.32. The first-order valence-corrected chi connectivity index (χ1v) is 6.25. The van der Waals surface area contributed by atoms with E-state index in [1.807, 2.05) is 13.1 Å². The highest BCUT2D eigenvalue weighted by atomic mass is 32.1. The second-order valence-electron chi connectivity index (χ2n) is 4.00. The molecule has 1 saturated heterocycles. The molecule has 0 saturated carbocycles. The van der Waals surface area contributed by atoms with Crippen LogP contribution >= 0.6 is 11.3 Å². The first-order chi connectivity index (χ1) is 7.70. The van der Waals surface area contributed by atoms with Gasteiger partial charge in [0.05, 0.1) is 12.1 Å². The quantitative estimate of drug-likeness (QED) is 0.752. The van der Waals surface area contributed by atoms with Crippen LogP contribution in [0.3, 0.4) is 0 Å². The number of hydrogen-bond acceptors (Lipinski definition) is 5. The molecule has 0 radical (unpaired) electrons. The van der Waals surface area contributed by atoms with Crippen molar-refractivity contribution < 1.29 is 9.53 Å². The zero-order valence-electron chi connectivity index (χ0n) is 9.60. The molecule has 1 aliphatic rings. The fourth-order valence-corrected chi connectivity index (χ4v) is 2.92. The number of rotatable bonds is 3. The van der Waals surface area contributed by atoms with Crippen molar-refractivity contribution in [2.24, 2.45) is 0 Å². The third-order valence-electron chi connectivity index (χ3n) is 2.86. The van der Waals surface area contributed by atoms with E-state index in [1.165, 1.54) is 12.0 Å². The predicted octanol–water partition coefficient (Wildman–Crippen LogP) is 1.59. The van der Waals surface area contributed by atoms with Crippen LogP contribution in [0.2, 0.25) is 0 Å². The van der Waals surface area contributed by atoms with Crippen LogP contribution in [-0.2, 0) is 16.1 Å². The number of aryl methyl sites for hydroxylation is 1. The van der Waals surface area contributed by atoms with Crippen LogP contribution in [0, 0.1) is 6.92 Å². The molecule has 1 aromatic rings. The summed E-state index contributed by atoms with van der Waals surface area (Å²) in [5, 5.41) is 1.07. The molecule has 0 bridgehead atoms. The van der Waals surface area contributed by atoms with Crippen molar-refractivity contribution in [2.75, 3.05) is 13.7 Å². The summed E-state index contributed by atoms with van der Waals surface area (Å²) in [4.78, 5) is 19.2. The normalized spacial score (nSPS) is 21.2. The zero-order chi connectivity index (χ0) is 11.5. The van der Waals surface area contributed by atoms with Crippen molar-refractivity contribution >= 4 is 17.3 Å². The summed E-state index contributed by atoms with van der Waals surface area (Å²) in [6.07, 6.45) is 3.87. The van der Waals surface area contributed by atoms with Crippen molar-refractivity contribution in [3.63, 3.8) is 0 Å². The van der Waals surface area contributed by atoms with Crippen LogP contribution in [0.5, 0.6) is 0 Å². The Bertz CT molecular complexity index is 378. The number of thiazole rings is 1. The van der Waals surface area contributed by atoms with Gasteiger partial charge in [0.25, 0.3) is 0 Å². The molecule has 16 heavy (non-hydrogen) atoms. The molecule has 0 spiro atoms. The molecule has 0 amide bonds. The summed E-state index contributed by atoms with van der Waals surface area (Å²) in [6, 6.07) is -0.0626. The predicted molar refractivity (Wildman–Crippen MR) is 62.3 cm³/mol. The van der Waals surface area contributed by atoms with Gasteiger partial charge in [-0.25, -0.2) is 4.98 Å². The van der Waals surface area contributed by atoms with E-state index in [0.717, 1.165) is 30.9 Å². The molecule has 5 heteroatoms. The Labute approximate surface area is 99.2 Å². The van der Waals surface area contributed by atoms with E-state index < -0.39 is 0 Å². The van der Waals surface area contributed by atoms with Gasteiger partial charge in [-0.1, -0.05) is 0 Å².